The molecule has 1 saturated heterocycles. The third kappa shape index (κ3) is 6.90. The molecule has 45 heavy (non-hydrogen) atoms. The molecular weight excluding hydrogens is 602 g/mol. The predicted molar refractivity (Wildman–Crippen MR) is 168 cm³/mol. The van der Waals surface area contributed by atoms with E-state index < -0.39 is 56.5 Å². The highest BCUT2D eigenvalue weighted by molar-refractivity contribution is 7.91. The number of likely N-dealkylation sites (tertiary alicyclic amines) is 1. The van der Waals surface area contributed by atoms with Gasteiger partial charge in [-0.25, -0.2) is 13.2 Å². The van der Waals surface area contributed by atoms with Gasteiger partial charge in [0.2, 0.25) is 21.8 Å². The smallest absolute Gasteiger partial charge is 0.411 e. The number of carbonyl (C=O) groups is 3. The van der Waals surface area contributed by atoms with Crippen LogP contribution in [0.1, 0.15) is 59.8 Å². The molecule has 2 saturated carbocycles. The van der Waals surface area contributed by atoms with E-state index in [1.807, 2.05) is 44.1 Å². The molecule has 2 aromatic rings. The Morgan fingerprint density at radius 2 is 1.87 bits per heavy atom. The molecule has 1 aromatic heterocycles. The van der Waals surface area contributed by atoms with E-state index in [-0.39, 0.29) is 18.9 Å². The second-order valence-electron chi connectivity index (χ2n) is 13.3. The number of methoxy groups -OCH3 is 1. The van der Waals surface area contributed by atoms with Gasteiger partial charge in [0.25, 0.3) is 5.91 Å². The van der Waals surface area contributed by atoms with Crippen LogP contribution in [0.2, 0.25) is 0 Å². The van der Waals surface area contributed by atoms with Gasteiger partial charge in [0.05, 0.1) is 18.9 Å². The first-order chi connectivity index (χ1) is 21.1. The largest absolute Gasteiger partial charge is 0.497 e. The number of sulfonamides is 1. The number of carbonyl (C=O) groups excluding carboxylic acids is 3. The minimum absolute atomic E-state index is 0.0327. The normalized spacial score (nSPS) is 24.6. The van der Waals surface area contributed by atoms with Gasteiger partial charge in [-0.2, -0.15) is 4.98 Å². The first kappa shape index (κ1) is 32.6. The first-order valence-electron chi connectivity index (χ1n) is 15.3. The average Bonchev–Trinajstić information content (AvgIpc) is 3.88. The number of benzene rings is 1. The van der Waals surface area contributed by atoms with Gasteiger partial charge in [0, 0.05) is 25.9 Å². The Bertz CT molecular complexity index is 1600. The third-order valence-electron chi connectivity index (χ3n) is 8.47. The Hall–Kier alpha value is -3.81. The summed E-state index contributed by atoms with van der Waals surface area (Å²) >= 11 is 0. The van der Waals surface area contributed by atoms with Crippen LogP contribution in [-0.4, -0.2) is 92.5 Å². The number of hydrogen-bond donors (Lipinski definition) is 2. The zero-order valence-electron chi connectivity index (χ0n) is 26.9. The lowest BCUT2D eigenvalue weighted by Gasteiger charge is -2.29. The minimum atomic E-state index is -3.81. The molecule has 1 aliphatic heterocycles. The molecule has 4 atom stereocenters. The fourth-order valence-corrected chi connectivity index (χ4v) is 7.11. The monoisotopic (exact) mass is 645 g/mol. The Labute approximate surface area is 264 Å². The van der Waals surface area contributed by atoms with Crippen LogP contribution in [0.25, 0.3) is 10.8 Å². The summed E-state index contributed by atoms with van der Waals surface area (Å²) in [6, 6.07) is 6.41. The van der Waals surface area contributed by atoms with Crippen LogP contribution in [0.5, 0.6) is 11.6 Å². The molecule has 3 fully saturated rings. The number of hydrogen-bond acceptors (Lipinski definition) is 10. The summed E-state index contributed by atoms with van der Waals surface area (Å²) in [5.74, 6) is 0.105. The van der Waals surface area contributed by atoms with Crippen molar-refractivity contribution in [2.24, 2.45) is 5.92 Å². The summed E-state index contributed by atoms with van der Waals surface area (Å²) in [4.78, 5) is 48.4. The molecule has 2 N–H and O–H groups in total. The summed E-state index contributed by atoms with van der Waals surface area (Å²) in [5, 5.41) is 3.82. The van der Waals surface area contributed by atoms with Crippen LogP contribution in [-0.2, 0) is 24.3 Å². The highest BCUT2D eigenvalue weighted by Gasteiger charge is 2.62. The molecule has 246 valence electrons. The van der Waals surface area contributed by atoms with Crippen LogP contribution in [0.3, 0.4) is 0 Å². The van der Waals surface area contributed by atoms with Gasteiger partial charge in [-0.1, -0.05) is 13.3 Å². The number of nitrogens with zero attached hydrogens (tertiary/aromatic N) is 3. The molecule has 14 heteroatoms. The van der Waals surface area contributed by atoms with Crippen LogP contribution in [0.4, 0.5) is 10.6 Å². The summed E-state index contributed by atoms with van der Waals surface area (Å²) in [5.41, 5.74) is -2.20. The second-order valence-corrected chi connectivity index (χ2v) is 15.3. The summed E-state index contributed by atoms with van der Waals surface area (Å²) in [7, 11) is 1.50. The SMILES string of the molecule is CC[C@@H]1C[C@]1(NC(=O)[C@@H]1C[C@@H](Oc2nc(N(C)C)cc3cc(OC)ccc23)CN1C(=O)OC(C)(C)C)C(=O)NS(=O)(=O)C1CC1. The number of rotatable bonds is 10. The third-order valence-corrected chi connectivity index (χ3v) is 10.3. The van der Waals surface area contributed by atoms with Crippen molar-refractivity contribution in [3.63, 3.8) is 0 Å². The van der Waals surface area contributed by atoms with Crippen molar-refractivity contribution < 1.29 is 37.0 Å². The van der Waals surface area contributed by atoms with Crippen molar-refractivity contribution in [1.29, 1.82) is 0 Å². The van der Waals surface area contributed by atoms with E-state index in [9.17, 15) is 22.8 Å². The quantitative estimate of drug-likeness (QED) is 0.394. The Balaban J connectivity index is 1.41. The number of aromatic nitrogens is 1. The molecular formula is C31H43N5O8S. The van der Waals surface area contributed by atoms with Crippen LogP contribution in [0, 0.1) is 5.92 Å². The second kappa shape index (κ2) is 11.8. The molecule has 3 aliphatic rings. The standard InChI is InChI=1S/C31H43N5O8S/c1-8-19-16-31(19,28(38)34-45(40,41)22-10-11-22)33-26(37)24-15-21(17-36(24)29(39)44-30(2,3)4)43-27-23-12-9-20(42-7)13-18(23)14-25(32-27)35(5)6/h9,12-14,19,21-22,24H,8,10-11,15-17H2,1-7H3,(H,33,37)(H,34,38)/t19-,21-,24+,31-/m1/s1. The fourth-order valence-electron chi connectivity index (χ4n) is 5.74. The summed E-state index contributed by atoms with van der Waals surface area (Å²) in [6.45, 7) is 7.11. The van der Waals surface area contributed by atoms with Gasteiger partial charge in [-0.15, -0.1) is 0 Å². The van der Waals surface area contributed by atoms with Gasteiger partial charge in [-0.05, 0) is 75.6 Å². The minimum Gasteiger partial charge on any atom is -0.497 e. The molecule has 2 heterocycles. The molecule has 0 spiro atoms. The number of nitrogens with one attached hydrogen (secondary N) is 2. The van der Waals surface area contributed by atoms with E-state index in [4.69, 9.17) is 19.2 Å². The van der Waals surface area contributed by atoms with Crippen molar-refractivity contribution >= 4 is 44.5 Å². The van der Waals surface area contributed by atoms with Crippen molar-refractivity contribution in [3.05, 3.63) is 24.3 Å². The number of fused-ring (bicyclic) bond motifs is 1. The van der Waals surface area contributed by atoms with E-state index in [0.717, 1.165) is 10.8 Å². The van der Waals surface area contributed by atoms with E-state index in [1.165, 1.54) is 4.90 Å². The van der Waals surface area contributed by atoms with Gasteiger partial charge in [0.15, 0.2) is 0 Å². The van der Waals surface area contributed by atoms with E-state index in [2.05, 4.69) is 10.0 Å². The zero-order valence-corrected chi connectivity index (χ0v) is 27.7. The molecule has 5 rings (SSSR count). The highest BCUT2D eigenvalue weighted by atomic mass is 32.2. The van der Waals surface area contributed by atoms with Crippen molar-refractivity contribution in [2.45, 2.75) is 88.3 Å². The number of ether oxygens (including phenoxy) is 3. The molecule has 13 nitrogen and oxygen atoms in total. The molecule has 0 unspecified atom stereocenters. The van der Waals surface area contributed by atoms with Gasteiger partial charge in [-0.3, -0.25) is 19.2 Å². The van der Waals surface area contributed by atoms with Gasteiger partial charge < -0.3 is 24.4 Å². The van der Waals surface area contributed by atoms with Crippen molar-refractivity contribution in [3.8, 4) is 11.6 Å². The van der Waals surface area contributed by atoms with Crippen molar-refractivity contribution in [1.82, 2.24) is 19.9 Å². The predicted octanol–water partition coefficient (Wildman–Crippen LogP) is 2.96. The average molecular weight is 646 g/mol. The maximum atomic E-state index is 13.9. The maximum Gasteiger partial charge on any atom is 0.411 e. The van der Waals surface area contributed by atoms with Gasteiger partial charge in [0.1, 0.15) is 34.9 Å². The summed E-state index contributed by atoms with van der Waals surface area (Å²) < 4.78 is 44.7. The number of anilines is 1. The highest BCUT2D eigenvalue weighted by Crippen LogP contribution is 2.47. The zero-order chi connectivity index (χ0) is 32.9. The molecule has 0 bridgehead atoms. The number of amides is 3. The topological polar surface area (TPSA) is 156 Å². The lowest BCUT2D eigenvalue weighted by molar-refractivity contribution is -0.132. The molecule has 3 amide bonds. The fraction of sp³-hybridized carbons (Fsp3) is 0.613. The van der Waals surface area contributed by atoms with E-state index in [1.54, 1.807) is 33.9 Å². The van der Waals surface area contributed by atoms with E-state index >= 15 is 0 Å². The molecule has 2 aliphatic carbocycles. The van der Waals surface area contributed by atoms with Crippen molar-refractivity contribution in [2.75, 3.05) is 32.6 Å². The van der Waals surface area contributed by atoms with Crippen LogP contribution in [0.15, 0.2) is 24.3 Å². The van der Waals surface area contributed by atoms with Gasteiger partial charge >= 0.3 is 6.09 Å². The Morgan fingerprint density at radius 3 is 2.44 bits per heavy atom. The summed E-state index contributed by atoms with van der Waals surface area (Å²) in [6.07, 6.45) is 0.642. The lowest BCUT2D eigenvalue weighted by Crippen LogP contribution is -2.57. The first-order valence-corrected chi connectivity index (χ1v) is 16.8. The lowest BCUT2D eigenvalue weighted by atomic mass is 10.1. The maximum absolute atomic E-state index is 13.9. The molecule has 1 aromatic carbocycles. The molecule has 0 radical (unpaired) electrons. The van der Waals surface area contributed by atoms with Crippen LogP contribution < -0.4 is 24.4 Å². The Morgan fingerprint density at radius 1 is 1.16 bits per heavy atom. The number of pyridine rings is 1. The van der Waals surface area contributed by atoms with Crippen LogP contribution >= 0.6 is 0 Å². The van der Waals surface area contributed by atoms with E-state index in [0.29, 0.717) is 43.1 Å². The Kier molecular flexibility index (Phi) is 8.58.